The molecule has 7 N–H and O–H groups in total. The van der Waals surface area contributed by atoms with Crippen molar-refractivity contribution in [3.63, 3.8) is 0 Å². The molecular weight excluding hydrogens is 498 g/mol. The summed E-state index contributed by atoms with van der Waals surface area (Å²) in [7, 11) is 0. The van der Waals surface area contributed by atoms with E-state index < -0.39 is 17.6 Å². The molecule has 4 aromatic rings. The number of benzene rings is 1. The molecule has 2 fully saturated rings. The van der Waals surface area contributed by atoms with Crippen molar-refractivity contribution in [3.8, 4) is 0 Å². The summed E-state index contributed by atoms with van der Waals surface area (Å²) < 4.78 is 2.72. The number of nitrogens with two attached hydrogens (primary N) is 2. The summed E-state index contributed by atoms with van der Waals surface area (Å²) in [6.07, 6.45) is 3.81. The zero-order valence-electron chi connectivity index (χ0n) is 18.4. The fourth-order valence-corrected chi connectivity index (χ4v) is 6.21. The Morgan fingerprint density at radius 2 is 1.97 bits per heavy atom. The Labute approximate surface area is 204 Å². The maximum atomic E-state index is 11.1. The van der Waals surface area contributed by atoms with Crippen LogP contribution in [-0.2, 0) is 6.42 Å². The van der Waals surface area contributed by atoms with Crippen LogP contribution in [0, 0.1) is 5.41 Å². The summed E-state index contributed by atoms with van der Waals surface area (Å²) >= 11 is 3.43. The van der Waals surface area contributed by atoms with Crippen LogP contribution in [0.5, 0.6) is 0 Å². The number of nitrogens with one attached hydrogen (secondary N) is 1. The van der Waals surface area contributed by atoms with Crippen molar-refractivity contribution < 1.29 is 10.2 Å². The van der Waals surface area contributed by atoms with Crippen molar-refractivity contribution in [2.24, 2.45) is 5.41 Å². The molecule has 1 saturated carbocycles. The van der Waals surface area contributed by atoms with E-state index in [0.717, 1.165) is 39.2 Å². The van der Waals surface area contributed by atoms with Crippen molar-refractivity contribution in [1.29, 1.82) is 0 Å². The van der Waals surface area contributed by atoms with E-state index in [4.69, 9.17) is 11.5 Å². The van der Waals surface area contributed by atoms with E-state index in [1.54, 1.807) is 0 Å². The van der Waals surface area contributed by atoms with Gasteiger partial charge >= 0.3 is 0 Å². The number of hydrogen-bond acceptors (Lipinski definition) is 8. The number of rotatable bonds is 3. The average Bonchev–Trinajstić information content (AvgIpc) is 3.49. The lowest BCUT2D eigenvalue weighted by Gasteiger charge is -2.27. The summed E-state index contributed by atoms with van der Waals surface area (Å²) in [5, 5.41) is 27.5. The fourth-order valence-electron chi connectivity index (χ4n) is 5.87. The van der Waals surface area contributed by atoms with Crippen LogP contribution in [0.1, 0.15) is 24.4 Å². The number of nitrogen functional groups attached to an aromatic ring is 2. The van der Waals surface area contributed by atoms with Crippen LogP contribution in [0.3, 0.4) is 0 Å². The number of aliphatic hydroxyl groups excluding tert-OH is 2. The van der Waals surface area contributed by atoms with Gasteiger partial charge in [0.25, 0.3) is 0 Å². The number of hydrogen-bond donors (Lipinski definition) is 5. The average molecular weight is 524 g/mol. The second kappa shape index (κ2) is 7.88. The van der Waals surface area contributed by atoms with Crippen molar-refractivity contribution in [1.82, 2.24) is 24.8 Å². The maximum absolute atomic E-state index is 11.1. The number of aliphatic hydroxyl groups is 2. The molecule has 0 amide bonds. The van der Waals surface area contributed by atoms with Crippen LogP contribution >= 0.6 is 15.9 Å². The molecule has 5 atom stereocenters. The zero-order valence-corrected chi connectivity index (χ0v) is 20.0. The lowest BCUT2D eigenvalue weighted by atomic mass is 9.80. The molecule has 34 heavy (non-hydrogen) atoms. The molecule has 1 aromatic carbocycles. The molecule has 10 heteroatoms. The zero-order chi connectivity index (χ0) is 23.6. The van der Waals surface area contributed by atoms with Gasteiger partial charge in [0.15, 0.2) is 0 Å². The largest absolute Gasteiger partial charge is 0.390 e. The predicted octanol–water partition coefficient (Wildman–Crippen LogP) is 2.16. The normalized spacial score (nSPS) is 29.0. The van der Waals surface area contributed by atoms with Gasteiger partial charge in [0.2, 0.25) is 0 Å². The molecular formula is C24H26BrN7O2. The van der Waals surface area contributed by atoms with Crippen molar-refractivity contribution >= 4 is 49.5 Å². The van der Waals surface area contributed by atoms with Gasteiger partial charge < -0.3 is 31.6 Å². The molecule has 1 spiro atoms. The maximum Gasteiger partial charge on any atom is 0.145 e. The number of halogens is 1. The minimum absolute atomic E-state index is 0.185. The second-order valence-corrected chi connectivity index (χ2v) is 10.5. The quantitative estimate of drug-likeness (QED) is 0.274. The fraction of sp³-hybridized carbons (Fsp3) is 0.375. The molecule has 176 valence electrons. The highest BCUT2D eigenvalue weighted by atomic mass is 79.9. The van der Waals surface area contributed by atoms with Crippen molar-refractivity contribution in [2.45, 2.75) is 43.6 Å². The van der Waals surface area contributed by atoms with Gasteiger partial charge in [-0.3, -0.25) is 0 Å². The van der Waals surface area contributed by atoms with Crippen molar-refractivity contribution in [2.75, 3.05) is 18.0 Å². The van der Waals surface area contributed by atoms with Gasteiger partial charge in [0, 0.05) is 29.6 Å². The van der Waals surface area contributed by atoms with Crippen LogP contribution in [0.25, 0.3) is 21.9 Å². The topological polar surface area (TPSA) is 148 Å². The van der Waals surface area contributed by atoms with E-state index in [9.17, 15) is 10.2 Å². The summed E-state index contributed by atoms with van der Waals surface area (Å²) in [5.41, 5.74) is 14.2. The van der Waals surface area contributed by atoms with Gasteiger partial charge in [0.05, 0.1) is 27.5 Å². The van der Waals surface area contributed by atoms with Gasteiger partial charge in [-0.15, -0.1) is 0 Å². The molecule has 0 bridgehead atoms. The van der Waals surface area contributed by atoms with E-state index in [-0.39, 0.29) is 12.1 Å². The second-order valence-electron chi connectivity index (χ2n) is 9.66. The SMILES string of the molecule is Nc1nc2cc(CC3CC4(CN3)CC(n3ccc5c(N)ncnc53)C(O)C4O)ccc2cc1Br. The number of aromatic nitrogens is 4. The Kier molecular flexibility index (Phi) is 5.03. The van der Waals surface area contributed by atoms with Crippen LogP contribution in [-0.4, -0.2) is 54.5 Å². The number of pyridine rings is 1. The first-order valence-electron chi connectivity index (χ1n) is 11.4. The third kappa shape index (κ3) is 3.36. The van der Waals surface area contributed by atoms with E-state index >= 15 is 0 Å². The molecule has 0 radical (unpaired) electrons. The van der Waals surface area contributed by atoms with Crippen LogP contribution in [0.15, 0.2) is 47.3 Å². The lowest BCUT2D eigenvalue weighted by molar-refractivity contribution is -0.0217. The molecule has 9 nitrogen and oxygen atoms in total. The van der Waals surface area contributed by atoms with Crippen molar-refractivity contribution in [3.05, 3.63) is 52.9 Å². The van der Waals surface area contributed by atoms with Gasteiger partial charge in [-0.1, -0.05) is 12.1 Å². The summed E-state index contributed by atoms with van der Waals surface area (Å²) in [4.78, 5) is 12.9. The van der Waals surface area contributed by atoms with Gasteiger partial charge in [-0.05, 0) is 59.0 Å². The summed E-state index contributed by atoms with van der Waals surface area (Å²) in [6, 6.07) is 9.98. The molecule has 4 heterocycles. The molecule has 1 aliphatic heterocycles. The first kappa shape index (κ1) is 21.7. The Morgan fingerprint density at radius 3 is 2.82 bits per heavy atom. The van der Waals surface area contributed by atoms with Crippen LogP contribution in [0.4, 0.5) is 11.6 Å². The Hall–Kier alpha value is -2.79. The Bertz CT molecular complexity index is 1410. The molecule has 1 saturated heterocycles. The minimum Gasteiger partial charge on any atom is -0.390 e. The van der Waals surface area contributed by atoms with Gasteiger partial charge in [0.1, 0.15) is 29.7 Å². The summed E-state index contributed by atoms with van der Waals surface area (Å²) in [6.45, 7) is 0.647. The molecule has 1 aliphatic carbocycles. The number of nitrogens with zero attached hydrogens (tertiary/aromatic N) is 4. The molecule has 5 unspecified atom stereocenters. The van der Waals surface area contributed by atoms with Gasteiger partial charge in [-0.25, -0.2) is 15.0 Å². The van der Waals surface area contributed by atoms with Gasteiger partial charge in [-0.2, -0.15) is 0 Å². The number of anilines is 2. The van der Waals surface area contributed by atoms with E-state index in [1.165, 1.54) is 6.33 Å². The lowest BCUT2D eigenvalue weighted by Crippen LogP contribution is -2.38. The Balaban J connectivity index is 1.23. The van der Waals surface area contributed by atoms with Crippen LogP contribution in [0.2, 0.25) is 0 Å². The minimum atomic E-state index is -0.890. The number of fused-ring (bicyclic) bond motifs is 2. The predicted molar refractivity (Wildman–Crippen MR) is 134 cm³/mol. The van der Waals surface area contributed by atoms with E-state index in [1.807, 2.05) is 22.9 Å². The first-order chi connectivity index (χ1) is 16.3. The van der Waals surface area contributed by atoms with E-state index in [2.05, 4.69) is 54.4 Å². The smallest absolute Gasteiger partial charge is 0.145 e. The molecule has 3 aromatic heterocycles. The third-order valence-corrected chi connectivity index (χ3v) is 8.23. The Morgan fingerprint density at radius 1 is 1.12 bits per heavy atom. The molecule has 6 rings (SSSR count). The highest BCUT2D eigenvalue weighted by molar-refractivity contribution is 9.10. The highest BCUT2D eigenvalue weighted by Gasteiger charge is 2.56. The standard InChI is InChI=1S/C24H26BrN7O2/c25-16-7-13-2-1-12(6-17(13)31-22(16)27)5-14-8-24(10-28-14)9-18(19(33)20(24)34)32-4-3-15-21(26)29-11-30-23(15)32/h1-4,6-7,11,14,18-20,28,33-34H,5,8-10H2,(H2,27,31)(H2,26,29,30). The third-order valence-electron chi connectivity index (χ3n) is 7.60. The summed E-state index contributed by atoms with van der Waals surface area (Å²) in [5.74, 6) is 0.884. The highest BCUT2D eigenvalue weighted by Crippen LogP contribution is 2.50. The van der Waals surface area contributed by atoms with Crippen LogP contribution < -0.4 is 16.8 Å². The first-order valence-corrected chi connectivity index (χ1v) is 12.2. The van der Waals surface area contributed by atoms with E-state index in [0.29, 0.717) is 30.2 Å². The monoisotopic (exact) mass is 523 g/mol. The molecule has 2 aliphatic rings.